The minimum absolute atomic E-state index is 0.00539. The van der Waals surface area contributed by atoms with Crippen LogP contribution in [0.4, 0.5) is 4.79 Å². The fraction of sp³-hybridized carbons (Fsp3) is 0.333. The lowest BCUT2D eigenvalue weighted by Crippen LogP contribution is -2.43. The summed E-state index contributed by atoms with van der Waals surface area (Å²) in [6.07, 6.45) is -2.41. The lowest BCUT2D eigenvalue weighted by molar-refractivity contribution is -0.156. The van der Waals surface area contributed by atoms with Crippen LogP contribution in [-0.4, -0.2) is 28.9 Å². The molecule has 0 spiro atoms. The molecule has 0 bridgehead atoms. The zero-order valence-corrected chi connectivity index (χ0v) is 16.8. The van der Waals surface area contributed by atoms with Crippen molar-refractivity contribution in [3.63, 3.8) is 0 Å². The van der Waals surface area contributed by atoms with Crippen molar-refractivity contribution >= 4 is 23.7 Å². The van der Waals surface area contributed by atoms with E-state index in [0.717, 1.165) is 5.56 Å². The molecule has 2 rings (SSSR count). The normalized spacial score (nSPS) is 13.3. The van der Waals surface area contributed by atoms with Gasteiger partial charge in [-0.1, -0.05) is 54.1 Å². The Morgan fingerprint density at radius 3 is 2.39 bits per heavy atom. The fourth-order valence-electron chi connectivity index (χ4n) is 2.43. The highest BCUT2D eigenvalue weighted by molar-refractivity contribution is 6.30. The minimum Gasteiger partial charge on any atom is -0.459 e. The zero-order valence-electron chi connectivity index (χ0n) is 16.0. The zero-order chi connectivity index (χ0) is 20.7. The van der Waals surface area contributed by atoms with E-state index in [1.807, 2.05) is 18.2 Å². The number of halogens is 1. The van der Waals surface area contributed by atoms with Gasteiger partial charge in [-0.3, -0.25) is 0 Å². The molecule has 0 aliphatic heterocycles. The van der Waals surface area contributed by atoms with Gasteiger partial charge in [0.2, 0.25) is 0 Å². The van der Waals surface area contributed by atoms with E-state index in [1.165, 1.54) is 0 Å². The fourth-order valence-corrected chi connectivity index (χ4v) is 2.63. The molecule has 0 radical (unpaired) electrons. The molecule has 7 heteroatoms. The third-order valence-corrected chi connectivity index (χ3v) is 3.90. The van der Waals surface area contributed by atoms with Crippen LogP contribution in [0.5, 0.6) is 0 Å². The molecule has 150 valence electrons. The first kappa shape index (κ1) is 21.7. The number of carbonyl (C=O) groups excluding carboxylic acids is 2. The van der Waals surface area contributed by atoms with Crippen molar-refractivity contribution < 1.29 is 24.2 Å². The third-order valence-electron chi connectivity index (χ3n) is 3.66. The van der Waals surface area contributed by atoms with Crippen LogP contribution >= 0.6 is 11.6 Å². The molecule has 2 aromatic carbocycles. The lowest BCUT2D eigenvalue weighted by Gasteiger charge is -2.26. The summed E-state index contributed by atoms with van der Waals surface area (Å²) in [5, 5.41) is 13.5. The Hall–Kier alpha value is -2.57. The molecular formula is C21H24ClNO5. The maximum atomic E-state index is 12.4. The maximum absolute atomic E-state index is 12.4. The Morgan fingerprint density at radius 1 is 1.11 bits per heavy atom. The monoisotopic (exact) mass is 405 g/mol. The number of alkyl carbamates (subject to hydrolysis) is 1. The molecule has 28 heavy (non-hydrogen) atoms. The second kappa shape index (κ2) is 9.57. The summed E-state index contributed by atoms with van der Waals surface area (Å²) < 4.78 is 10.4. The van der Waals surface area contributed by atoms with E-state index in [2.05, 4.69) is 5.32 Å². The average molecular weight is 406 g/mol. The summed E-state index contributed by atoms with van der Waals surface area (Å²) in [6.45, 7) is 5.15. The van der Waals surface area contributed by atoms with Crippen LogP contribution in [0.3, 0.4) is 0 Å². The van der Waals surface area contributed by atoms with Gasteiger partial charge in [-0.05, 0) is 44.0 Å². The van der Waals surface area contributed by atoms with Crippen molar-refractivity contribution in [3.05, 3.63) is 70.7 Å². The van der Waals surface area contributed by atoms with E-state index in [1.54, 1.807) is 57.2 Å². The molecule has 2 N–H and O–H groups in total. The molecule has 2 atom stereocenters. The topological polar surface area (TPSA) is 84.9 Å². The van der Waals surface area contributed by atoms with Crippen molar-refractivity contribution in [1.29, 1.82) is 0 Å². The molecule has 0 saturated heterocycles. The summed E-state index contributed by atoms with van der Waals surface area (Å²) in [4.78, 5) is 24.6. The van der Waals surface area contributed by atoms with Crippen molar-refractivity contribution in [2.24, 2.45) is 0 Å². The van der Waals surface area contributed by atoms with Gasteiger partial charge in [0.1, 0.15) is 12.2 Å². The number of aliphatic hydroxyl groups excluding tert-OH is 1. The summed E-state index contributed by atoms with van der Waals surface area (Å²) in [5.41, 5.74) is 0.492. The van der Waals surface area contributed by atoms with Gasteiger partial charge in [0.15, 0.2) is 6.10 Å². The number of hydrogen-bond donors (Lipinski definition) is 2. The number of esters is 1. The lowest BCUT2D eigenvalue weighted by atomic mass is 10.0. The van der Waals surface area contributed by atoms with Crippen LogP contribution in [0.1, 0.15) is 37.9 Å². The van der Waals surface area contributed by atoms with E-state index in [-0.39, 0.29) is 6.61 Å². The highest BCUT2D eigenvalue weighted by Gasteiger charge is 2.32. The van der Waals surface area contributed by atoms with Crippen LogP contribution in [0.25, 0.3) is 0 Å². The van der Waals surface area contributed by atoms with Gasteiger partial charge in [-0.15, -0.1) is 0 Å². The highest BCUT2D eigenvalue weighted by Crippen LogP contribution is 2.23. The molecule has 0 aromatic heterocycles. The molecule has 2 aromatic rings. The van der Waals surface area contributed by atoms with Gasteiger partial charge in [0.05, 0.1) is 6.04 Å². The first-order valence-electron chi connectivity index (χ1n) is 8.79. The molecular weight excluding hydrogens is 382 g/mol. The smallest absolute Gasteiger partial charge is 0.408 e. The minimum atomic E-state index is -1.64. The first-order chi connectivity index (χ1) is 13.2. The van der Waals surface area contributed by atoms with Gasteiger partial charge in [0, 0.05) is 5.02 Å². The molecule has 0 heterocycles. The number of amides is 1. The highest BCUT2D eigenvalue weighted by atomic mass is 35.5. The Balaban J connectivity index is 2.14. The third kappa shape index (κ3) is 6.87. The number of aliphatic hydroxyl groups is 1. The maximum Gasteiger partial charge on any atom is 0.408 e. The number of rotatable bonds is 6. The van der Waals surface area contributed by atoms with Gasteiger partial charge in [-0.2, -0.15) is 0 Å². The van der Waals surface area contributed by atoms with E-state index < -0.39 is 29.8 Å². The Labute approximate surface area is 169 Å². The number of ether oxygens (including phenoxy) is 2. The molecule has 0 fully saturated rings. The predicted octanol–water partition coefficient (Wildman–Crippen LogP) is 4.01. The second-order valence-electron chi connectivity index (χ2n) is 7.22. The van der Waals surface area contributed by atoms with Crippen molar-refractivity contribution in [2.75, 3.05) is 0 Å². The van der Waals surface area contributed by atoms with Crippen molar-refractivity contribution in [2.45, 2.75) is 45.1 Å². The molecule has 0 unspecified atom stereocenters. The quantitative estimate of drug-likeness (QED) is 0.709. The largest absolute Gasteiger partial charge is 0.459 e. The van der Waals surface area contributed by atoms with E-state index in [0.29, 0.717) is 10.6 Å². The van der Waals surface area contributed by atoms with Crippen molar-refractivity contribution in [3.8, 4) is 0 Å². The number of nitrogens with one attached hydrogen (secondary N) is 1. The second-order valence-corrected chi connectivity index (χ2v) is 7.65. The predicted molar refractivity (Wildman–Crippen MR) is 106 cm³/mol. The standard InChI is InChI=1S/C21H24ClNO5/c1-21(2,3)28-20(26)23-17(15-10-7-11-16(22)12-15)18(24)19(25)27-13-14-8-5-4-6-9-14/h4-12,17-18,24H,13H2,1-3H3,(H,23,26)/t17-,18+/m0/s1. The Kier molecular flexibility index (Phi) is 7.43. The van der Waals surface area contributed by atoms with E-state index in [4.69, 9.17) is 21.1 Å². The molecule has 0 aliphatic rings. The summed E-state index contributed by atoms with van der Waals surface area (Å²) in [5.74, 6) is -0.870. The number of hydrogen-bond acceptors (Lipinski definition) is 5. The molecule has 0 aliphatic carbocycles. The van der Waals surface area contributed by atoms with Crippen LogP contribution in [0.15, 0.2) is 54.6 Å². The van der Waals surface area contributed by atoms with Crippen LogP contribution in [0, 0.1) is 0 Å². The Morgan fingerprint density at radius 2 is 1.79 bits per heavy atom. The van der Waals surface area contributed by atoms with E-state index in [9.17, 15) is 14.7 Å². The van der Waals surface area contributed by atoms with Gasteiger partial charge >= 0.3 is 12.1 Å². The van der Waals surface area contributed by atoms with Crippen LogP contribution in [-0.2, 0) is 20.9 Å². The van der Waals surface area contributed by atoms with Crippen molar-refractivity contribution in [1.82, 2.24) is 5.32 Å². The van der Waals surface area contributed by atoms with Gasteiger partial charge in [-0.25, -0.2) is 9.59 Å². The Bertz CT molecular complexity index is 804. The molecule has 6 nitrogen and oxygen atoms in total. The van der Waals surface area contributed by atoms with Crippen LogP contribution in [0.2, 0.25) is 5.02 Å². The number of carbonyl (C=O) groups is 2. The molecule has 1 amide bonds. The SMILES string of the molecule is CC(C)(C)OC(=O)N[C@@H](c1cccc(Cl)c1)[C@@H](O)C(=O)OCc1ccccc1. The van der Waals surface area contributed by atoms with E-state index >= 15 is 0 Å². The van der Waals surface area contributed by atoms with Gasteiger partial charge in [0.25, 0.3) is 0 Å². The van der Waals surface area contributed by atoms with Gasteiger partial charge < -0.3 is 19.9 Å². The summed E-state index contributed by atoms with van der Waals surface area (Å²) >= 11 is 6.02. The van der Waals surface area contributed by atoms with Crippen LogP contribution < -0.4 is 5.32 Å². The summed E-state index contributed by atoms with van der Waals surface area (Å²) in [6, 6.07) is 14.5. The average Bonchev–Trinajstić information content (AvgIpc) is 2.63. The number of benzene rings is 2. The first-order valence-corrected chi connectivity index (χ1v) is 9.17. The summed E-state index contributed by atoms with van der Waals surface area (Å²) in [7, 11) is 0. The molecule has 0 saturated carbocycles.